The van der Waals surface area contributed by atoms with Crippen molar-refractivity contribution >= 4 is 6.09 Å². The molecule has 0 unspecified atom stereocenters. The van der Waals surface area contributed by atoms with Gasteiger partial charge < -0.3 is 15.3 Å². The van der Waals surface area contributed by atoms with Crippen LogP contribution in [0.5, 0.6) is 0 Å². The topological polar surface area (TPSA) is 52.6 Å². The van der Waals surface area contributed by atoms with E-state index in [2.05, 4.69) is 5.32 Å². The lowest BCUT2D eigenvalue weighted by atomic mass is 10.1. The molecule has 0 saturated carbocycles. The van der Waals surface area contributed by atoms with Crippen molar-refractivity contribution in [3.8, 4) is 0 Å². The van der Waals surface area contributed by atoms with Crippen LogP contribution >= 0.6 is 0 Å². The minimum atomic E-state index is -0.972. The molecule has 17 heavy (non-hydrogen) atoms. The van der Waals surface area contributed by atoms with Crippen molar-refractivity contribution in [3.05, 3.63) is 35.4 Å². The average molecular weight is 242 g/mol. The number of hydrogen-bond donors (Lipinski definition) is 2. The molecule has 1 aliphatic rings. The minimum absolute atomic E-state index is 0.0127. The molecule has 0 atom stereocenters. The molecular weight excluding hydrogens is 230 g/mol. The van der Waals surface area contributed by atoms with Crippen LogP contribution in [0.1, 0.15) is 5.56 Å². The highest BCUT2D eigenvalue weighted by Gasteiger charge is 2.30. The number of hydrogen-bond acceptors (Lipinski definition) is 2. The molecule has 92 valence electrons. The number of likely N-dealkylation sites (tertiary alicyclic amines) is 1. The molecule has 0 aliphatic carbocycles. The highest BCUT2D eigenvalue weighted by molar-refractivity contribution is 5.66. The maximum atomic E-state index is 13.2. The van der Waals surface area contributed by atoms with Crippen molar-refractivity contribution in [1.82, 2.24) is 10.2 Å². The van der Waals surface area contributed by atoms with Crippen molar-refractivity contribution in [2.24, 2.45) is 0 Å². The van der Waals surface area contributed by atoms with Gasteiger partial charge in [-0.25, -0.2) is 13.6 Å². The summed E-state index contributed by atoms with van der Waals surface area (Å²) in [7, 11) is 0. The van der Waals surface area contributed by atoms with Crippen LogP contribution in [0.4, 0.5) is 13.6 Å². The Hall–Kier alpha value is -1.69. The molecule has 1 aliphatic heterocycles. The van der Waals surface area contributed by atoms with Crippen LogP contribution in [-0.2, 0) is 6.54 Å². The second-order valence-electron chi connectivity index (χ2n) is 3.97. The number of carboxylic acid groups (broad SMARTS) is 1. The first-order valence-corrected chi connectivity index (χ1v) is 5.22. The van der Waals surface area contributed by atoms with Crippen molar-refractivity contribution in [2.75, 3.05) is 13.1 Å². The zero-order chi connectivity index (χ0) is 12.4. The van der Waals surface area contributed by atoms with E-state index < -0.39 is 17.7 Å². The van der Waals surface area contributed by atoms with Gasteiger partial charge in [0.15, 0.2) is 0 Å². The molecule has 1 aromatic carbocycles. The summed E-state index contributed by atoms with van der Waals surface area (Å²) in [5.41, 5.74) is -0.0127. The number of halogens is 2. The van der Waals surface area contributed by atoms with Gasteiger partial charge in [-0.1, -0.05) is 6.07 Å². The summed E-state index contributed by atoms with van der Waals surface area (Å²) in [5.74, 6) is -1.18. The van der Waals surface area contributed by atoms with Gasteiger partial charge in [0.25, 0.3) is 0 Å². The van der Waals surface area contributed by atoms with Gasteiger partial charge in [0.05, 0.1) is 0 Å². The number of carbonyl (C=O) groups is 1. The molecule has 1 aromatic rings. The molecule has 6 heteroatoms. The van der Waals surface area contributed by atoms with Crippen LogP contribution in [0.2, 0.25) is 0 Å². The minimum Gasteiger partial charge on any atom is -0.465 e. The van der Waals surface area contributed by atoms with E-state index in [1.165, 1.54) is 23.1 Å². The van der Waals surface area contributed by atoms with Gasteiger partial charge in [0, 0.05) is 31.2 Å². The molecule has 1 fully saturated rings. The van der Waals surface area contributed by atoms with Gasteiger partial charge in [-0.05, 0) is 12.1 Å². The van der Waals surface area contributed by atoms with Crippen LogP contribution in [0, 0.1) is 11.6 Å². The van der Waals surface area contributed by atoms with E-state index >= 15 is 0 Å². The number of benzene rings is 1. The van der Waals surface area contributed by atoms with E-state index in [9.17, 15) is 13.6 Å². The van der Waals surface area contributed by atoms with Crippen LogP contribution in [0.15, 0.2) is 18.2 Å². The number of rotatable bonds is 3. The van der Waals surface area contributed by atoms with Gasteiger partial charge in [0.2, 0.25) is 0 Å². The Balaban J connectivity index is 1.86. The Morgan fingerprint density at radius 2 is 2.00 bits per heavy atom. The van der Waals surface area contributed by atoms with Gasteiger partial charge in [-0.3, -0.25) is 0 Å². The quantitative estimate of drug-likeness (QED) is 0.842. The summed E-state index contributed by atoms with van der Waals surface area (Å²) in [4.78, 5) is 11.7. The van der Waals surface area contributed by atoms with Gasteiger partial charge in [-0.15, -0.1) is 0 Å². The second-order valence-corrected chi connectivity index (χ2v) is 3.97. The monoisotopic (exact) mass is 242 g/mol. The first-order valence-electron chi connectivity index (χ1n) is 5.22. The van der Waals surface area contributed by atoms with Crippen LogP contribution in [-0.4, -0.2) is 35.2 Å². The van der Waals surface area contributed by atoms with E-state index in [4.69, 9.17) is 5.11 Å². The van der Waals surface area contributed by atoms with Crippen molar-refractivity contribution in [3.63, 3.8) is 0 Å². The van der Waals surface area contributed by atoms with Gasteiger partial charge in [-0.2, -0.15) is 0 Å². The number of nitrogens with one attached hydrogen (secondary N) is 1. The Labute approximate surface area is 96.8 Å². The fraction of sp³-hybridized carbons (Fsp3) is 0.364. The number of nitrogens with zero attached hydrogens (tertiary/aromatic N) is 1. The molecule has 0 radical (unpaired) electrons. The zero-order valence-electron chi connectivity index (χ0n) is 8.99. The van der Waals surface area contributed by atoms with Crippen LogP contribution < -0.4 is 5.32 Å². The largest absolute Gasteiger partial charge is 0.465 e. The third kappa shape index (κ3) is 2.52. The van der Waals surface area contributed by atoms with Crippen molar-refractivity contribution in [1.29, 1.82) is 0 Å². The van der Waals surface area contributed by atoms with Crippen LogP contribution in [0.25, 0.3) is 0 Å². The molecule has 1 amide bonds. The van der Waals surface area contributed by atoms with Gasteiger partial charge in [0.1, 0.15) is 11.6 Å². The standard InChI is InChI=1S/C11H12F2N2O2/c12-9-2-1-3-10(13)8(9)4-14-7-5-15(6-7)11(16)17/h1-3,7,14H,4-6H2,(H,16,17). The third-order valence-corrected chi connectivity index (χ3v) is 2.78. The lowest BCUT2D eigenvalue weighted by Gasteiger charge is -2.37. The SMILES string of the molecule is O=C(O)N1CC(NCc2c(F)cccc2F)C1. The highest BCUT2D eigenvalue weighted by atomic mass is 19.1. The molecule has 0 aromatic heterocycles. The van der Waals surface area contributed by atoms with Gasteiger partial charge >= 0.3 is 6.09 Å². The predicted molar refractivity (Wildman–Crippen MR) is 56.6 cm³/mol. The van der Waals surface area contributed by atoms with E-state index in [0.717, 1.165) is 0 Å². The normalized spacial score (nSPS) is 15.8. The Bertz CT molecular complexity index is 413. The van der Waals surface area contributed by atoms with E-state index in [1.54, 1.807) is 0 Å². The maximum Gasteiger partial charge on any atom is 0.407 e. The van der Waals surface area contributed by atoms with Crippen molar-refractivity contribution in [2.45, 2.75) is 12.6 Å². The van der Waals surface area contributed by atoms with Crippen LogP contribution in [0.3, 0.4) is 0 Å². The predicted octanol–water partition coefficient (Wildman–Crippen LogP) is 1.42. The molecule has 0 bridgehead atoms. The zero-order valence-corrected chi connectivity index (χ0v) is 8.99. The summed E-state index contributed by atoms with van der Waals surface area (Å²) < 4.78 is 26.5. The second kappa shape index (κ2) is 4.67. The summed E-state index contributed by atoms with van der Waals surface area (Å²) in [5, 5.41) is 11.5. The van der Waals surface area contributed by atoms with E-state index in [1.807, 2.05) is 0 Å². The summed E-state index contributed by atoms with van der Waals surface area (Å²) >= 11 is 0. The molecule has 2 rings (SSSR count). The smallest absolute Gasteiger partial charge is 0.407 e. The fourth-order valence-electron chi connectivity index (χ4n) is 1.71. The fourth-order valence-corrected chi connectivity index (χ4v) is 1.71. The lowest BCUT2D eigenvalue weighted by Crippen LogP contribution is -2.59. The molecule has 2 N–H and O–H groups in total. The Morgan fingerprint density at radius 1 is 1.41 bits per heavy atom. The number of amides is 1. The molecule has 1 saturated heterocycles. The maximum absolute atomic E-state index is 13.2. The molecule has 0 spiro atoms. The summed E-state index contributed by atoms with van der Waals surface area (Å²) in [6.07, 6.45) is -0.972. The average Bonchev–Trinajstić information content (AvgIpc) is 2.18. The molecule has 4 nitrogen and oxygen atoms in total. The first kappa shape index (κ1) is 11.8. The summed E-state index contributed by atoms with van der Waals surface area (Å²) in [6, 6.07) is 3.67. The van der Waals surface area contributed by atoms with Crippen molar-refractivity contribution < 1.29 is 18.7 Å². The summed E-state index contributed by atoms with van der Waals surface area (Å²) in [6.45, 7) is 0.771. The lowest BCUT2D eigenvalue weighted by molar-refractivity contribution is 0.0953. The molecular formula is C11H12F2N2O2. The molecule has 1 heterocycles. The highest BCUT2D eigenvalue weighted by Crippen LogP contribution is 2.13. The Morgan fingerprint density at radius 3 is 2.53 bits per heavy atom. The first-order chi connectivity index (χ1) is 8.08. The third-order valence-electron chi connectivity index (χ3n) is 2.78. The van der Waals surface area contributed by atoms with E-state index in [-0.39, 0.29) is 18.2 Å². The Kier molecular flexibility index (Phi) is 3.23. The van der Waals surface area contributed by atoms with E-state index in [0.29, 0.717) is 13.1 Å².